The van der Waals surface area contributed by atoms with Gasteiger partial charge in [0.1, 0.15) is 17.3 Å². The number of hydrogen-bond acceptors (Lipinski definition) is 6. The number of ether oxygens (including phenoxy) is 1. The van der Waals surface area contributed by atoms with E-state index in [1.165, 1.54) is 0 Å². The van der Waals surface area contributed by atoms with Crippen LogP contribution in [0.1, 0.15) is 103 Å². The molecule has 0 bridgehead atoms. The molecule has 0 unspecified atom stereocenters. The van der Waals surface area contributed by atoms with E-state index in [-0.39, 0.29) is 35.5 Å². The van der Waals surface area contributed by atoms with Gasteiger partial charge in [-0.3, -0.25) is 9.59 Å². The Bertz CT molecular complexity index is 1460. The maximum atomic E-state index is 13.6. The first-order chi connectivity index (χ1) is 24.9. The Kier molecular flexibility index (Phi) is 18.7. The number of nitrogens with zero attached hydrogens (tertiary/aromatic N) is 3. The van der Waals surface area contributed by atoms with E-state index in [2.05, 4.69) is 77.2 Å². The fourth-order valence-corrected chi connectivity index (χ4v) is 7.92. The third-order valence-corrected chi connectivity index (χ3v) is 10.9. The Morgan fingerprint density at radius 2 is 1.67 bits per heavy atom. The van der Waals surface area contributed by atoms with Crippen LogP contribution in [-0.4, -0.2) is 81.5 Å². The lowest BCUT2D eigenvalue weighted by Crippen LogP contribution is -2.50. The number of benzene rings is 1. The Morgan fingerprint density at radius 1 is 1.02 bits per heavy atom. The topological polar surface area (TPSA) is 128 Å². The zero-order valence-corrected chi connectivity index (χ0v) is 35.9. The molecule has 2 aliphatic heterocycles. The molecule has 1 aromatic carbocycles. The van der Waals surface area contributed by atoms with Gasteiger partial charge in [-0.25, -0.2) is 4.79 Å². The van der Waals surface area contributed by atoms with Crippen molar-refractivity contribution in [1.82, 2.24) is 25.4 Å². The van der Waals surface area contributed by atoms with E-state index in [0.29, 0.717) is 29.9 Å². The van der Waals surface area contributed by atoms with Gasteiger partial charge in [0, 0.05) is 41.9 Å². The van der Waals surface area contributed by atoms with Crippen LogP contribution >= 0.6 is 38.5 Å². The number of nitriles is 1. The van der Waals surface area contributed by atoms with Crippen molar-refractivity contribution in [3.8, 4) is 6.07 Å². The number of carbonyl (C=O) groups excluding carboxylic acids is 3. The molecule has 3 heterocycles. The molecule has 1 saturated carbocycles. The van der Waals surface area contributed by atoms with Crippen molar-refractivity contribution in [2.24, 2.45) is 23.7 Å². The molecule has 3 fully saturated rings. The smallest absolute Gasteiger partial charge is 0.410 e. The van der Waals surface area contributed by atoms with Gasteiger partial charge in [-0.2, -0.15) is 5.26 Å². The average molecular weight is 898 g/mol. The summed E-state index contributed by atoms with van der Waals surface area (Å²) in [4.78, 5) is 42.2. The van der Waals surface area contributed by atoms with Gasteiger partial charge >= 0.3 is 6.09 Å². The lowest BCUT2D eigenvalue weighted by atomic mass is 9.83. The number of nitrogens with one attached hydrogen (secondary N) is 3. The zero-order chi connectivity index (χ0) is 38.3. The highest BCUT2D eigenvalue weighted by Crippen LogP contribution is 2.28. The summed E-state index contributed by atoms with van der Waals surface area (Å²) >= 11 is 5.63. The molecule has 1 aliphatic carbocycles. The summed E-state index contributed by atoms with van der Waals surface area (Å²) in [6.45, 7) is 14.3. The van der Waals surface area contributed by atoms with Gasteiger partial charge in [0.15, 0.2) is 0 Å². The lowest BCUT2D eigenvalue weighted by molar-refractivity contribution is -0.127. The van der Waals surface area contributed by atoms with Crippen LogP contribution in [0.5, 0.6) is 0 Å². The fraction of sp³-hybridized carbons (Fsp3) is 0.700. The van der Waals surface area contributed by atoms with E-state index in [0.717, 1.165) is 100 Å². The van der Waals surface area contributed by atoms with Gasteiger partial charge in [0.05, 0.1) is 12.0 Å². The summed E-state index contributed by atoms with van der Waals surface area (Å²) in [6, 6.07) is 11.7. The first-order valence-corrected chi connectivity index (χ1v) is 22.4. The van der Waals surface area contributed by atoms with Crippen molar-refractivity contribution < 1.29 is 19.1 Å². The maximum Gasteiger partial charge on any atom is 0.410 e. The summed E-state index contributed by atoms with van der Waals surface area (Å²) in [5.74, 6) is 1.04. The minimum atomic E-state index is -0.492. The molecule has 1 aromatic heterocycles. The number of likely N-dealkylation sites (tertiary alicyclic amines) is 1. The summed E-state index contributed by atoms with van der Waals surface area (Å²) in [6.07, 6.45) is 8.27. The molecule has 2 saturated heterocycles. The minimum Gasteiger partial charge on any atom is -0.444 e. The van der Waals surface area contributed by atoms with Gasteiger partial charge in [-0.15, -0.1) is 0 Å². The van der Waals surface area contributed by atoms with Gasteiger partial charge in [-0.1, -0.05) is 83.4 Å². The number of para-hydroxylation sites is 1. The van der Waals surface area contributed by atoms with Gasteiger partial charge in [-0.05, 0) is 114 Å². The highest BCUT2D eigenvalue weighted by atomic mass is 127. The molecular formula is C40H62BrIN6O4. The second kappa shape index (κ2) is 22.1. The molecule has 3 atom stereocenters. The Labute approximate surface area is 334 Å². The Morgan fingerprint density at radius 3 is 2.29 bits per heavy atom. The molecular weight excluding hydrogens is 835 g/mol. The molecule has 52 heavy (non-hydrogen) atoms. The Hall–Kier alpha value is -2.37. The second-order valence-corrected chi connectivity index (χ2v) is 16.4. The van der Waals surface area contributed by atoms with Crippen LogP contribution < -0.4 is 16.0 Å². The van der Waals surface area contributed by atoms with Gasteiger partial charge in [0.2, 0.25) is 5.91 Å². The number of amides is 3. The fourth-order valence-electron chi connectivity index (χ4n) is 7.27. The number of fused-ring (bicyclic) bond motifs is 1. The van der Waals surface area contributed by atoms with E-state index in [1.54, 1.807) is 0 Å². The van der Waals surface area contributed by atoms with Gasteiger partial charge in [0.25, 0.3) is 5.91 Å². The predicted molar refractivity (Wildman–Crippen MR) is 222 cm³/mol. The predicted octanol–water partition coefficient (Wildman–Crippen LogP) is 8.06. The summed E-state index contributed by atoms with van der Waals surface area (Å²) in [5.41, 5.74) is 1.37. The number of alkyl halides is 2. The normalized spacial score (nSPS) is 20.4. The number of piperidine rings is 2. The Balaban J connectivity index is 0.000000359. The molecule has 2 aromatic rings. The van der Waals surface area contributed by atoms with E-state index in [9.17, 15) is 19.6 Å². The number of hydrogen-bond donors (Lipinski definition) is 3. The number of carbonyl (C=O) groups is 3. The molecule has 12 heteroatoms. The molecule has 290 valence electrons. The third kappa shape index (κ3) is 13.8. The quantitative estimate of drug-likeness (QED) is 0.173. The highest BCUT2D eigenvalue weighted by molar-refractivity contribution is 14.1. The largest absolute Gasteiger partial charge is 0.444 e. The number of aromatic nitrogens is 1. The molecule has 3 N–H and O–H groups in total. The highest BCUT2D eigenvalue weighted by Gasteiger charge is 2.34. The van der Waals surface area contributed by atoms with E-state index < -0.39 is 6.04 Å². The lowest BCUT2D eigenvalue weighted by Gasteiger charge is -2.32. The first kappa shape index (κ1) is 44.0. The number of rotatable bonds is 9. The van der Waals surface area contributed by atoms with Crippen molar-refractivity contribution in [1.29, 1.82) is 5.26 Å². The van der Waals surface area contributed by atoms with Crippen molar-refractivity contribution >= 4 is 67.3 Å². The van der Waals surface area contributed by atoms with Crippen LogP contribution in [0.3, 0.4) is 0 Å². The number of halogens is 2. The van der Waals surface area contributed by atoms with Crippen LogP contribution in [0.15, 0.2) is 30.3 Å². The van der Waals surface area contributed by atoms with Crippen LogP contribution in [0.25, 0.3) is 10.9 Å². The average Bonchev–Trinajstić information content (AvgIpc) is 3.50. The van der Waals surface area contributed by atoms with E-state index >= 15 is 0 Å². The molecule has 0 spiro atoms. The zero-order valence-electron chi connectivity index (χ0n) is 32.2. The standard InChI is InChI=1S/C28H39N5O2.C11H20BrNO2.CH3I/c1-19(2)15-22(17-29)31-27(34)23-8-4-5-9-24(23)32-28(35)26-16-21-7-3-6-10-25(21)33(26)18-20-11-13-30-14-12-20;1-11(2,3)15-10(14)13-6-4-9(8-12)5-7-13;1-2/h3,6-7,10,16,19-20,22-24,30H,4-5,8-9,11-15,18H2,1-2H3,(H,31,34)(H,32,35);9H,4-8H2,1-3H3;1H3/t22-,23+,24-;;/m0../s1. The van der Waals surface area contributed by atoms with Crippen molar-refractivity contribution in [2.75, 3.05) is 36.4 Å². The molecule has 3 amide bonds. The van der Waals surface area contributed by atoms with Crippen molar-refractivity contribution in [3.05, 3.63) is 36.0 Å². The van der Waals surface area contributed by atoms with E-state index in [1.807, 2.05) is 62.6 Å². The maximum absolute atomic E-state index is 13.6. The van der Waals surface area contributed by atoms with E-state index in [4.69, 9.17) is 4.74 Å². The van der Waals surface area contributed by atoms with Crippen molar-refractivity contribution in [3.63, 3.8) is 0 Å². The third-order valence-electron chi connectivity index (χ3n) is 10.0. The summed E-state index contributed by atoms with van der Waals surface area (Å²) in [7, 11) is 0. The molecule has 10 nitrogen and oxygen atoms in total. The molecule has 3 aliphatic rings. The molecule has 0 radical (unpaired) electrons. The summed E-state index contributed by atoms with van der Waals surface area (Å²) < 4.78 is 7.49. The second-order valence-electron chi connectivity index (χ2n) is 15.7. The van der Waals surface area contributed by atoms with Crippen LogP contribution in [0.2, 0.25) is 0 Å². The minimum absolute atomic E-state index is 0.112. The van der Waals surface area contributed by atoms with Crippen molar-refractivity contribution in [2.45, 2.75) is 117 Å². The van der Waals surface area contributed by atoms with Crippen LogP contribution in [0, 0.1) is 35.0 Å². The first-order valence-electron chi connectivity index (χ1n) is 19.1. The molecule has 5 rings (SSSR count). The SMILES string of the molecule is CC(C)(C)OC(=O)N1CCC(CBr)CC1.CC(C)C[C@@H](C#N)NC(=O)[C@@H]1CCCC[C@@H]1NC(=O)c1cc2ccccc2n1CC1CCNCC1.CI. The van der Waals surface area contributed by atoms with Crippen LogP contribution in [0.4, 0.5) is 4.79 Å². The van der Waals surface area contributed by atoms with Gasteiger partial charge < -0.3 is 30.2 Å². The monoisotopic (exact) mass is 896 g/mol. The summed E-state index contributed by atoms with van der Waals surface area (Å²) in [5, 5.41) is 21.2. The van der Waals surface area contributed by atoms with Crippen LogP contribution in [-0.2, 0) is 16.1 Å².